The number of nitrogens with one attached hydrogen (secondary N) is 1. The highest BCUT2D eigenvalue weighted by Gasteiger charge is 2.19. The number of benzene rings is 1. The molecule has 2 aromatic rings. The Labute approximate surface area is 99.2 Å². The molecule has 0 saturated carbocycles. The molecule has 1 saturated heterocycles. The summed E-state index contributed by atoms with van der Waals surface area (Å²) < 4.78 is 5.47. The van der Waals surface area contributed by atoms with E-state index in [1.54, 1.807) is 6.07 Å². The van der Waals surface area contributed by atoms with Crippen LogP contribution in [0.2, 0.25) is 0 Å². The predicted octanol–water partition coefficient (Wildman–Crippen LogP) is 2.33. The number of rotatable bonds is 1. The molecule has 2 heterocycles. The number of H-pyrrole nitrogens is 1. The van der Waals surface area contributed by atoms with Crippen molar-refractivity contribution in [2.24, 2.45) is 0 Å². The smallest absolute Gasteiger partial charge is 0.112 e. The Hall–Kier alpha value is -1.86. The number of nitriles is 1. The fourth-order valence-electron chi connectivity index (χ4n) is 2.25. The molecule has 0 aliphatic carbocycles. The molecular formula is C13H13N3O. The highest BCUT2D eigenvalue weighted by Crippen LogP contribution is 2.25. The fraction of sp³-hybridized carbons (Fsp3) is 0.385. The van der Waals surface area contributed by atoms with Crippen molar-refractivity contribution in [1.82, 2.24) is 9.97 Å². The maximum atomic E-state index is 8.85. The Bertz CT molecular complexity index is 576. The molecule has 3 rings (SSSR count). The zero-order chi connectivity index (χ0) is 11.7. The van der Waals surface area contributed by atoms with Crippen LogP contribution >= 0.6 is 0 Å². The topological polar surface area (TPSA) is 61.7 Å². The van der Waals surface area contributed by atoms with Gasteiger partial charge < -0.3 is 9.72 Å². The number of fused-ring (bicyclic) bond motifs is 1. The first kappa shape index (κ1) is 10.3. The van der Waals surface area contributed by atoms with Crippen LogP contribution in [-0.2, 0) is 4.74 Å². The van der Waals surface area contributed by atoms with Gasteiger partial charge in [0.25, 0.3) is 0 Å². The highest BCUT2D eigenvalue weighted by molar-refractivity contribution is 5.76. The SMILES string of the molecule is N#Cc1ccc2nc(C3CCCOC3)[nH]c2c1. The molecule has 4 heteroatoms. The van der Waals surface area contributed by atoms with Crippen LogP contribution in [0.3, 0.4) is 0 Å². The van der Waals surface area contributed by atoms with Gasteiger partial charge in [-0.05, 0) is 31.0 Å². The quantitative estimate of drug-likeness (QED) is 0.813. The molecule has 1 unspecified atom stereocenters. The minimum Gasteiger partial charge on any atom is -0.381 e. The van der Waals surface area contributed by atoms with Crippen molar-refractivity contribution in [3.05, 3.63) is 29.6 Å². The number of nitrogens with zero attached hydrogens (tertiary/aromatic N) is 2. The van der Waals surface area contributed by atoms with Crippen molar-refractivity contribution >= 4 is 11.0 Å². The lowest BCUT2D eigenvalue weighted by atomic mass is 10.0. The first-order chi connectivity index (χ1) is 8.36. The van der Waals surface area contributed by atoms with E-state index in [9.17, 15) is 0 Å². The lowest BCUT2D eigenvalue weighted by Crippen LogP contribution is -2.16. The summed E-state index contributed by atoms with van der Waals surface area (Å²) in [4.78, 5) is 7.86. The van der Waals surface area contributed by atoms with Gasteiger partial charge in [0.2, 0.25) is 0 Å². The summed E-state index contributed by atoms with van der Waals surface area (Å²) in [5, 5.41) is 8.85. The Morgan fingerprint density at radius 3 is 3.18 bits per heavy atom. The molecule has 0 spiro atoms. The predicted molar refractivity (Wildman–Crippen MR) is 63.6 cm³/mol. The summed E-state index contributed by atoms with van der Waals surface area (Å²) in [6, 6.07) is 7.66. The van der Waals surface area contributed by atoms with Crippen molar-refractivity contribution in [2.45, 2.75) is 18.8 Å². The number of hydrogen-bond donors (Lipinski definition) is 1. The van der Waals surface area contributed by atoms with E-state index in [2.05, 4.69) is 16.0 Å². The van der Waals surface area contributed by atoms with Crippen molar-refractivity contribution in [3.63, 3.8) is 0 Å². The summed E-state index contributed by atoms with van der Waals surface area (Å²) in [7, 11) is 0. The molecule has 0 radical (unpaired) electrons. The molecule has 1 aromatic heterocycles. The second kappa shape index (κ2) is 4.19. The van der Waals surface area contributed by atoms with Crippen molar-refractivity contribution in [1.29, 1.82) is 5.26 Å². The van der Waals surface area contributed by atoms with Gasteiger partial charge >= 0.3 is 0 Å². The van der Waals surface area contributed by atoms with Crippen LogP contribution in [0.4, 0.5) is 0 Å². The third kappa shape index (κ3) is 1.90. The number of aromatic amines is 1. The molecule has 1 aliphatic rings. The summed E-state index contributed by atoms with van der Waals surface area (Å²) in [6.45, 7) is 1.60. The Morgan fingerprint density at radius 1 is 1.47 bits per heavy atom. The second-order valence-electron chi connectivity index (χ2n) is 4.38. The third-order valence-electron chi connectivity index (χ3n) is 3.18. The number of ether oxygens (including phenoxy) is 1. The van der Waals surface area contributed by atoms with Gasteiger partial charge in [0.05, 0.1) is 29.3 Å². The van der Waals surface area contributed by atoms with Crippen molar-refractivity contribution in [3.8, 4) is 6.07 Å². The van der Waals surface area contributed by atoms with Crippen molar-refractivity contribution in [2.75, 3.05) is 13.2 Å². The van der Waals surface area contributed by atoms with E-state index in [1.165, 1.54) is 0 Å². The number of aromatic nitrogens is 2. The van der Waals surface area contributed by atoms with E-state index in [0.29, 0.717) is 11.5 Å². The molecule has 17 heavy (non-hydrogen) atoms. The Morgan fingerprint density at radius 2 is 2.41 bits per heavy atom. The average Bonchev–Trinajstić information content (AvgIpc) is 2.82. The maximum absolute atomic E-state index is 8.85. The molecule has 4 nitrogen and oxygen atoms in total. The first-order valence-corrected chi connectivity index (χ1v) is 5.84. The minimum atomic E-state index is 0.363. The van der Waals surface area contributed by atoms with E-state index >= 15 is 0 Å². The molecule has 0 amide bonds. The third-order valence-corrected chi connectivity index (χ3v) is 3.18. The minimum absolute atomic E-state index is 0.363. The van der Waals surface area contributed by atoms with Crippen LogP contribution in [0.25, 0.3) is 11.0 Å². The Kier molecular flexibility index (Phi) is 2.54. The van der Waals surface area contributed by atoms with Gasteiger partial charge in [0, 0.05) is 12.5 Å². The average molecular weight is 227 g/mol. The lowest BCUT2D eigenvalue weighted by Gasteiger charge is -2.19. The fourth-order valence-corrected chi connectivity index (χ4v) is 2.25. The van der Waals surface area contributed by atoms with Gasteiger partial charge in [0.1, 0.15) is 5.82 Å². The standard InChI is InChI=1S/C13H13N3O/c14-7-9-3-4-11-12(6-9)16-13(15-11)10-2-1-5-17-8-10/h3-4,6,10H,1-2,5,8H2,(H,15,16). The van der Waals surface area contributed by atoms with Crippen LogP contribution in [0, 0.1) is 11.3 Å². The number of imidazole rings is 1. The molecule has 86 valence electrons. The maximum Gasteiger partial charge on any atom is 0.112 e. The highest BCUT2D eigenvalue weighted by atomic mass is 16.5. The summed E-state index contributed by atoms with van der Waals surface area (Å²) in [5.41, 5.74) is 2.52. The zero-order valence-corrected chi connectivity index (χ0v) is 9.44. The van der Waals surface area contributed by atoms with Crippen LogP contribution in [-0.4, -0.2) is 23.2 Å². The van der Waals surface area contributed by atoms with E-state index in [1.807, 2.05) is 12.1 Å². The molecular weight excluding hydrogens is 214 g/mol. The lowest BCUT2D eigenvalue weighted by molar-refractivity contribution is 0.0784. The van der Waals surface area contributed by atoms with Gasteiger partial charge in [-0.3, -0.25) is 0 Å². The molecule has 1 aromatic carbocycles. The van der Waals surface area contributed by atoms with Gasteiger partial charge in [0.15, 0.2) is 0 Å². The monoisotopic (exact) mass is 227 g/mol. The summed E-state index contributed by atoms with van der Waals surface area (Å²) >= 11 is 0. The van der Waals surface area contributed by atoms with Gasteiger partial charge in [-0.1, -0.05) is 0 Å². The van der Waals surface area contributed by atoms with Crippen LogP contribution in [0.1, 0.15) is 30.1 Å². The molecule has 0 bridgehead atoms. The van der Waals surface area contributed by atoms with Gasteiger partial charge in [-0.15, -0.1) is 0 Å². The second-order valence-corrected chi connectivity index (χ2v) is 4.38. The molecule has 1 atom stereocenters. The van der Waals surface area contributed by atoms with Crippen LogP contribution in [0.15, 0.2) is 18.2 Å². The van der Waals surface area contributed by atoms with Crippen molar-refractivity contribution < 1.29 is 4.74 Å². The van der Waals surface area contributed by atoms with E-state index < -0.39 is 0 Å². The Balaban J connectivity index is 1.98. The van der Waals surface area contributed by atoms with Gasteiger partial charge in [-0.25, -0.2) is 4.98 Å². The molecule has 1 fully saturated rings. The van der Waals surface area contributed by atoms with E-state index in [4.69, 9.17) is 10.00 Å². The largest absolute Gasteiger partial charge is 0.381 e. The molecule has 1 aliphatic heterocycles. The van der Waals surface area contributed by atoms with E-state index in [-0.39, 0.29) is 0 Å². The van der Waals surface area contributed by atoms with Crippen LogP contribution < -0.4 is 0 Å². The zero-order valence-electron chi connectivity index (χ0n) is 9.44. The van der Waals surface area contributed by atoms with Crippen LogP contribution in [0.5, 0.6) is 0 Å². The first-order valence-electron chi connectivity index (χ1n) is 5.84. The summed E-state index contributed by atoms with van der Waals surface area (Å²) in [5.74, 6) is 1.34. The normalized spacial score (nSPS) is 20.3. The van der Waals surface area contributed by atoms with E-state index in [0.717, 1.165) is 42.9 Å². The summed E-state index contributed by atoms with van der Waals surface area (Å²) in [6.07, 6.45) is 2.20. The number of hydrogen-bond acceptors (Lipinski definition) is 3. The molecule has 1 N–H and O–H groups in total. The van der Waals surface area contributed by atoms with Gasteiger partial charge in [-0.2, -0.15) is 5.26 Å².